The molecule has 1 heterocycles. The van der Waals surface area contributed by atoms with Crippen LogP contribution in [0.25, 0.3) is 10.9 Å². The van der Waals surface area contributed by atoms with Crippen molar-refractivity contribution in [2.45, 2.75) is 111 Å². The fourth-order valence-electron chi connectivity index (χ4n) is 9.39. The topological polar surface area (TPSA) is 124 Å². The van der Waals surface area contributed by atoms with Gasteiger partial charge >= 0.3 is 0 Å². The molecule has 3 aliphatic carbocycles. The highest BCUT2D eigenvalue weighted by atomic mass is 16.3. The van der Waals surface area contributed by atoms with E-state index in [1.54, 1.807) is 6.92 Å². The monoisotopic (exact) mass is 704 g/mol. The number of aromatic amines is 1. The average Bonchev–Trinajstić information content (AvgIpc) is 3.56. The standard InChI is InChI=1S/C42H65N5O4/c1-26(2)17-33(24-46(7)8)47(23-31-13-10-14-36-34(31)15-16-43-36)22-30-12-9-11-29(18-30)21-44-40(39(28(4)49)38(50)25-48)41(51)45-37-20-32-19-35(27(37)3)42(32,5)6/h9-16,18,26-28,32-33,35,37-40,43-44,48-50H,17,19-25H2,1-8H3,(H,45,51)/t27-,28-,32+,33-,35-,37-,38?,39+,40?/m0/s1. The molecule has 3 saturated carbocycles. The van der Waals surface area contributed by atoms with Crippen molar-refractivity contribution in [3.63, 3.8) is 0 Å². The maximum Gasteiger partial charge on any atom is 0.237 e. The van der Waals surface area contributed by atoms with Crippen molar-refractivity contribution < 1.29 is 20.1 Å². The third-order valence-electron chi connectivity index (χ3n) is 12.3. The van der Waals surface area contributed by atoms with Crippen LogP contribution in [0.15, 0.2) is 54.7 Å². The SMILES string of the molecule is CC(C)C[C@@H](CN(C)C)N(Cc1cccc(CNC(C(=O)N[C@H]2C[C@H]3C[C@@H]([C@@H]2C)C3(C)C)[C@@H](C(O)CO)[C@H](C)O)c1)Cc1cccc2[nH]ccc12. The summed E-state index contributed by atoms with van der Waals surface area (Å²) in [6.45, 7) is 15.5. The fourth-order valence-corrected chi connectivity index (χ4v) is 9.39. The summed E-state index contributed by atoms with van der Waals surface area (Å²) < 4.78 is 0. The second-order valence-corrected chi connectivity index (χ2v) is 17.1. The van der Waals surface area contributed by atoms with E-state index in [-0.39, 0.29) is 11.9 Å². The molecule has 9 atom stereocenters. The summed E-state index contributed by atoms with van der Waals surface area (Å²) in [6, 6.07) is 16.6. The van der Waals surface area contributed by atoms with Crippen molar-refractivity contribution in [2.24, 2.45) is 35.0 Å². The number of nitrogens with one attached hydrogen (secondary N) is 3. The average molecular weight is 704 g/mol. The van der Waals surface area contributed by atoms with Gasteiger partial charge in [0.15, 0.2) is 0 Å². The Hall–Kier alpha value is -2.79. The number of fused-ring (bicyclic) bond motifs is 3. The highest BCUT2D eigenvalue weighted by Gasteiger charge is 2.56. The van der Waals surface area contributed by atoms with Gasteiger partial charge in [0.2, 0.25) is 5.91 Å². The highest BCUT2D eigenvalue weighted by molar-refractivity contribution is 5.83. The van der Waals surface area contributed by atoms with Gasteiger partial charge in [-0.3, -0.25) is 9.69 Å². The number of carbonyl (C=O) groups excluding carboxylic acids is 1. The van der Waals surface area contributed by atoms with Crippen molar-refractivity contribution in [1.82, 2.24) is 25.4 Å². The number of aromatic nitrogens is 1. The smallest absolute Gasteiger partial charge is 0.237 e. The summed E-state index contributed by atoms with van der Waals surface area (Å²) in [5.74, 6) is 0.937. The lowest BCUT2D eigenvalue weighted by Gasteiger charge is -2.62. The summed E-state index contributed by atoms with van der Waals surface area (Å²) in [7, 11) is 4.29. The summed E-state index contributed by atoms with van der Waals surface area (Å²) in [6.07, 6.45) is 2.98. The Morgan fingerprint density at radius 1 is 1.02 bits per heavy atom. The molecule has 9 heteroatoms. The van der Waals surface area contributed by atoms with Crippen molar-refractivity contribution >= 4 is 16.8 Å². The minimum atomic E-state index is -1.25. The van der Waals surface area contributed by atoms with E-state index in [0.29, 0.717) is 41.7 Å². The number of H-pyrrole nitrogens is 1. The van der Waals surface area contributed by atoms with Gasteiger partial charge in [-0.1, -0.05) is 71.0 Å². The largest absolute Gasteiger partial charge is 0.394 e. The molecule has 0 aliphatic heterocycles. The molecule has 0 saturated heterocycles. The van der Waals surface area contributed by atoms with Crippen LogP contribution in [0.3, 0.4) is 0 Å². The van der Waals surface area contributed by atoms with Crippen LogP contribution < -0.4 is 10.6 Å². The zero-order valence-electron chi connectivity index (χ0n) is 32.3. The van der Waals surface area contributed by atoms with Gasteiger partial charge in [-0.05, 0) is 98.2 Å². The van der Waals surface area contributed by atoms with Crippen LogP contribution in [-0.2, 0) is 24.4 Å². The third kappa shape index (κ3) is 9.24. The zero-order chi connectivity index (χ0) is 37.0. The fraction of sp³-hybridized carbons (Fsp3) is 0.643. The molecule has 0 spiro atoms. The Balaban J connectivity index is 1.35. The first-order valence-electron chi connectivity index (χ1n) is 19.2. The number of benzene rings is 2. The lowest BCUT2D eigenvalue weighted by molar-refractivity contribution is -0.139. The molecule has 3 aliphatic rings. The molecular formula is C42H65N5O4. The lowest BCUT2D eigenvalue weighted by Crippen LogP contribution is -2.63. The van der Waals surface area contributed by atoms with Crippen molar-refractivity contribution in [3.05, 3.63) is 71.4 Å². The van der Waals surface area contributed by atoms with Crippen LogP contribution in [0.2, 0.25) is 0 Å². The minimum absolute atomic E-state index is 0.0480. The first-order chi connectivity index (χ1) is 24.2. The number of carbonyl (C=O) groups is 1. The lowest BCUT2D eigenvalue weighted by atomic mass is 9.45. The van der Waals surface area contributed by atoms with Crippen molar-refractivity contribution in [1.29, 1.82) is 0 Å². The van der Waals surface area contributed by atoms with Crippen LogP contribution in [0.5, 0.6) is 0 Å². The molecular weight excluding hydrogens is 638 g/mol. The molecule has 3 aromatic rings. The molecule has 6 rings (SSSR count). The van der Waals surface area contributed by atoms with Gasteiger partial charge in [-0.25, -0.2) is 0 Å². The van der Waals surface area contributed by atoms with Crippen LogP contribution >= 0.6 is 0 Å². The predicted molar refractivity (Wildman–Crippen MR) is 206 cm³/mol. The van der Waals surface area contributed by atoms with Gasteiger partial charge in [-0.15, -0.1) is 0 Å². The maximum absolute atomic E-state index is 14.0. The van der Waals surface area contributed by atoms with E-state index in [4.69, 9.17) is 0 Å². The zero-order valence-corrected chi connectivity index (χ0v) is 32.3. The number of aliphatic hydroxyl groups excluding tert-OH is 3. The summed E-state index contributed by atoms with van der Waals surface area (Å²) in [5.41, 5.74) is 4.94. The van der Waals surface area contributed by atoms with E-state index < -0.39 is 30.8 Å². The summed E-state index contributed by atoms with van der Waals surface area (Å²) in [5, 5.41) is 39.5. The number of nitrogens with zero attached hydrogens (tertiary/aromatic N) is 2. The Morgan fingerprint density at radius 3 is 2.39 bits per heavy atom. The summed E-state index contributed by atoms with van der Waals surface area (Å²) in [4.78, 5) is 22.3. The quantitative estimate of drug-likeness (QED) is 0.109. The molecule has 1 aromatic heterocycles. The molecule has 51 heavy (non-hydrogen) atoms. The molecule has 2 aromatic carbocycles. The molecule has 3 fully saturated rings. The van der Waals surface area contributed by atoms with E-state index in [0.717, 1.165) is 43.6 Å². The number of aliphatic hydroxyl groups is 3. The van der Waals surface area contributed by atoms with Crippen LogP contribution in [0, 0.1) is 35.0 Å². The van der Waals surface area contributed by atoms with E-state index in [2.05, 4.69) is 123 Å². The number of amides is 1. The Kier molecular flexibility index (Phi) is 13.1. The number of rotatable bonds is 18. The van der Waals surface area contributed by atoms with Gasteiger partial charge in [0.1, 0.15) is 0 Å². The second-order valence-electron chi connectivity index (χ2n) is 17.1. The summed E-state index contributed by atoms with van der Waals surface area (Å²) >= 11 is 0. The van der Waals surface area contributed by atoms with E-state index in [1.165, 1.54) is 22.9 Å². The van der Waals surface area contributed by atoms with Crippen LogP contribution in [-0.4, -0.2) is 93.6 Å². The molecule has 0 radical (unpaired) electrons. The van der Waals surface area contributed by atoms with Crippen LogP contribution in [0.4, 0.5) is 0 Å². The van der Waals surface area contributed by atoms with Gasteiger partial charge in [-0.2, -0.15) is 0 Å². The number of likely N-dealkylation sites (N-methyl/N-ethyl adjacent to an activating group) is 1. The minimum Gasteiger partial charge on any atom is -0.394 e. The van der Waals surface area contributed by atoms with E-state index >= 15 is 0 Å². The van der Waals surface area contributed by atoms with Gasteiger partial charge in [0.05, 0.1) is 24.9 Å². The first-order valence-corrected chi connectivity index (χ1v) is 19.2. The van der Waals surface area contributed by atoms with Gasteiger partial charge in [0, 0.05) is 61.3 Å². The molecule has 282 valence electrons. The number of hydrogen-bond acceptors (Lipinski definition) is 7. The Bertz CT molecular complexity index is 1560. The first kappa shape index (κ1) is 39.4. The number of hydrogen-bond donors (Lipinski definition) is 6. The van der Waals surface area contributed by atoms with E-state index in [1.807, 2.05) is 6.20 Å². The molecule has 6 N–H and O–H groups in total. The van der Waals surface area contributed by atoms with E-state index in [9.17, 15) is 20.1 Å². The third-order valence-corrected chi connectivity index (χ3v) is 12.3. The predicted octanol–water partition coefficient (Wildman–Crippen LogP) is 5.14. The molecule has 2 bridgehead atoms. The van der Waals surface area contributed by atoms with Crippen molar-refractivity contribution in [2.75, 3.05) is 27.2 Å². The van der Waals surface area contributed by atoms with Gasteiger partial charge < -0.3 is 35.8 Å². The molecule has 1 amide bonds. The highest BCUT2D eigenvalue weighted by Crippen LogP contribution is 2.61. The van der Waals surface area contributed by atoms with Gasteiger partial charge in [0.25, 0.3) is 0 Å². The molecule has 9 nitrogen and oxygen atoms in total. The molecule has 2 unspecified atom stereocenters. The van der Waals surface area contributed by atoms with Crippen LogP contribution in [0.1, 0.15) is 77.5 Å². The van der Waals surface area contributed by atoms with Crippen molar-refractivity contribution in [3.8, 4) is 0 Å². The Morgan fingerprint density at radius 2 is 1.75 bits per heavy atom. The second kappa shape index (κ2) is 16.9. The normalized spacial score (nSPS) is 24.4. The Labute approximate surface area is 306 Å². The maximum atomic E-state index is 14.0.